The fourth-order valence-electron chi connectivity index (χ4n) is 2.15. The van der Waals surface area contributed by atoms with Gasteiger partial charge < -0.3 is 0 Å². The van der Waals surface area contributed by atoms with E-state index in [4.69, 9.17) is 0 Å². The minimum atomic E-state index is -0.271. The fourth-order valence-corrected chi connectivity index (χ4v) is 2.15. The predicted octanol–water partition coefficient (Wildman–Crippen LogP) is 2.66. The number of anilines is 1. The van der Waals surface area contributed by atoms with Crippen molar-refractivity contribution in [1.29, 1.82) is 0 Å². The van der Waals surface area contributed by atoms with Crippen molar-refractivity contribution in [2.24, 2.45) is 0 Å². The molecule has 2 aromatic rings. The Hall–Kier alpha value is -2.42. The maximum Gasteiger partial charge on any atom is 0.261 e. The summed E-state index contributed by atoms with van der Waals surface area (Å²) in [7, 11) is 0. The summed E-state index contributed by atoms with van der Waals surface area (Å²) in [5.41, 5.74) is 1.10. The van der Waals surface area contributed by atoms with Gasteiger partial charge >= 0.3 is 0 Å². The summed E-state index contributed by atoms with van der Waals surface area (Å²) in [5, 5.41) is 2.10. The van der Waals surface area contributed by atoms with Gasteiger partial charge in [-0.15, -0.1) is 0 Å². The molecule has 1 aliphatic rings. The van der Waals surface area contributed by atoms with E-state index in [9.17, 15) is 9.59 Å². The molecule has 0 spiro atoms. The van der Waals surface area contributed by atoms with Crippen LogP contribution in [-0.4, -0.2) is 11.8 Å². The van der Waals surface area contributed by atoms with Gasteiger partial charge in [-0.2, -0.15) is 0 Å². The average Bonchev–Trinajstić information content (AvgIpc) is 2.63. The molecular weight excluding hydrogens is 226 g/mol. The Balaban J connectivity index is 2.11. The largest absolute Gasteiger partial charge is 0.269 e. The summed E-state index contributed by atoms with van der Waals surface area (Å²) >= 11 is 0. The van der Waals surface area contributed by atoms with Crippen LogP contribution in [0.1, 0.15) is 6.92 Å². The summed E-state index contributed by atoms with van der Waals surface area (Å²) in [5.74, 6) is -0.511. The highest BCUT2D eigenvalue weighted by atomic mass is 16.2. The highest BCUT2D eigenvalue weighted by Gasteiger charge is 2.29. The van der Waals surface area contributed by atoms with E-state index in [-0.39, 0.29) is 11.8 Å². The fraction of sp³-hybridized carbons (Fsp3) is 0.0667. The molecule has 0 N–H and O–H groups in total. The van der Waals surface area contributed by atoms with Gasteiger partial charge in [0, 0.05) is 11.6 Å². The van der Waals surface area contributed by atoms with Crippen molar-refractivity contribution in [3.8, 4) is 0 Å². The lowest BCUT2D eigenvalue weighted by molar-refractivity contribution is -0.120. The van der Waals surface area contributed by atoms with Gasteiger partial charge in [0.2, 0.25) is 0 Å². The molecule has 1 aliphatic heterocycles. The molecular formula is C15H11NO2. The SMILES string of the molecule is CC1=CC(=O)N(c2ccc3ccccc3c2)C1=O. The van der Waals surface area contributed by atoms with Crippen LogP contribution >= 0.6 is 0 Å². The van der Waals surface area contributed by atoms with Gasteiger partial charge in [0.1, 0.15) is 0 Å². The van der Waals surface area contributed by atoms with Crippen molar-refractivity contribution >= 4 is 28.3 Å². The second-order valence-corrected chi connectivity index (χ2v) is 4.34. The summed E-state index contributed by atoms with van der Waals surface area (Å²) in [6.07, 6.45) is 1.37. The number of carbonyl (C=O) groups excluding carboxylic acids is 2. The number of rotatable bonds is 1. The Morgan fingerprint density at radius 3 is 2.33 bits per heavy atom. The maximum atomic E-state index is 11.9. The lowest BCUT2D eigenvalue weighted by Gasteiger charge is -2.15. The molecule has 1 heterocycles. The first-order chi connectivity index (χ1) is 8.66. The van der Waals surface area contributed by atoms with Crippen LogP contribution < -0.4 is 4.90 Å². The van der Waals surface area contributed by atoms with Crippen molar-refractivity contribution in [1.82, 2.24) is 0 Å². The molecule has 0 aromatic heterocycles. The summed E-state index contributed by atoms with van der Waals surface area (Å²) in [6, 6.07) is 13.4. The molecule has 2 amide bonds. The number of benzene rings is 2. The molecule has 0 saturated carbocycles. The second kappa shape index (κ2) is 3.81. The molecule has 2 aromatic carbocycles. The standard InChI is InChI=1S/C15H11NO2/c1-10-8-14(17)16(15(10)18)13-7-6-11-4-2-3-5-12(11)9-13/h2-9H,1H3. The Kier molecular flexibility index (Phi) is 2.27. The predicted molar refractivity (Wildman–Crippen MR) is 70.2 cm³/mol. The van der Waals surface area contributed by atoms with Crippen molar-refractivity contribution in [3.05, 3.63) is 54.1 Å². The van der Waals surface area contributed by atoms with Crippen LogP contribution in [0.25, 0.3) is 10.8 Å². The molecule has 88 valence electrons. The normalized spacial score (nSPS) is 15.4. The number of carbonyl (C=O) groups is 2. The van der Waals surface area contributed by atoms with Gasteiger partial charge in [0.25, 0.3) is 11.8 Å². The van der Waals surface area contributed by atoms with E-state index >= 15 is 0 Å². The van der Waals surface area contributed by atoms with Crippen molar-refractivity contribution in [2.75, 3.05) is 4.90 Å². The zero-order valence-corrected chi connectivity index (χ0v) is 9.88. The highest BCUT2D eigenvalue weighted by Crippen LogP contribution is 2.26. The van der Waals surface area contributed by atoms with E-state index in [0.717, 1.165) is 10.8 Å². The summed E-state index contributed by atoms with van der Waals surface area (Å²) in [4.78, 5) is 24.9. The van der Waals surface area contributed by atoms with E-state index in [1.54, 1.807) is 13.0 Å². The van der Waals surface area contributed by atoms with Crippen LogP contribution in [0.4, 0.5) is 5.69 Å². The van der Waals surface area contributed by atoms with Crippen molar-refractivity contribution < 1.29 is 9.59 Å². The third-order valence-electron chi connectivity index (χ3n) is 3.09. The summed E-state index contributed by atoms with van der Waals surface area (Å²) < 4.78 is 0. The zero-order valence-electron chi connectivity index (χ0n) is 9.88. The van der Waals surface area contributed by atoms with Gasteiger partial charge in [-0.3, -0.25) is 9.59 Å². The monoisotopic (exact) mass is 237 g/mol. The topological polar surface area (TPSA) is 37.4 Å². The van der Waals surface area contributed by atoms with E-state index < -0.39 is 0 Å². The molecule has 18 heavy (non-hydrogen) atoms. The van der Waals surface area contributed by atoms with E-state index in [2.05, 4.69) is 0 Å². The smallest absolute Gasteiger partial charge is 0.261 e. The number of amides is 2. The van der Waals surface area contributed by atoms with E-state index in [1.165, 1.54) is 11.0 Å². The van der Waals surface area contributed by atoms with E-state index in [0.29, 0.717) is 11.3 Å². The van der Waals surface area contributed by atoms with Gasteiger partial charge in [-0.1, -0.05) is 30.3 Å². The number of nitrogens with zero attached hydrogens (tertiary/aromatic N) is 1. The highest BCUT2D eigenvalue weighted by molar-refractivity contribution is 6.30. The van der Waals surface area contributed by atoms with Crippen molar-refractivity contribution in [3.63, 3.8) is 0 Å². The maximum absolute atomic E-state index is 11.9. The first kappa shape index (κ1) is 10.7. The first-order valence-electron chi connectivity index (χ1n) is 5.72. The number of hydrogen-bond acceptors (Lipinski definition) is 2. The third-order valence-corrected chi connectivity index (χ3v) is 3.09. The Labute approximate surface area is 104 Å². The molecule has 3 rings (SSSR count). The van der Waals surface area contributed by atoms with Crippen LogP contribution in [0.5, 0.6) is 0 Å². The van der Waals surface area contributed by atoms with Gasteiger partial charge in [-0.25, -0.2) is 4.90 Å². The molecule has 0 aliphatic carbocycles. The van der Waals surface area contributed by atoms with Crippen molar-refractivity contribution in [2.45, 2.75) is 6.92 Å². The minimum absolute atomic E-state index is 0.240. The zero-order chi connectivity index (χ0) is 12.7. The third kappa shape index (κ3) is 1.52. The molecule has 3 heteroatoms. The molecule has 3 nitrogen and oxygen atoms in total. The Bertz CT molecular complexity index is 700. The van der Waals surface area contributed by atoms with Crippen LogP contribution in [0, 0.1) is 0 Å². The van der Waals surface area contributed by atoms with Crippen LogP contribution in [0.2, 0.25) is 0 Å². The first-order valence-corrected chi connectivity index (χ1v) is 5.72. The average molecular weight is 237 g/mol. The Morgan fingerprint density at radius 1 is 0.944 bits per heavy atom. The van der Waals surface area contributed by atoms with Crippen LogP contribution in [0.15, 0.2) is 54.1 Å². The second-order valence-electron chi connectivity index (χ2n) is 4.34. The van der Waals surface area contributed by atoms with Gasteiger partial charge in [0.15, 0.2) is 0 Å². The van der Waals surface area contributed by atoms with Gasteiger partial charge in [0.05, 0.1) is 5.69 Å². The molecule has 0 saturated heterocycles. The molecule has 0 fully saturated rings. The quantitative estimate of drug-likeness (QED) is 0.715. The molecule has 0 unspecified atom stereocenters. The summed E-state index contributed by atoms with van der Waals surface area (Å²) in [6.45, 7) is 1.65. The number of fused-ring (bicyclic) bond motifs is 1. The van der Waals surface area contributed by atoms with Crippen LogP contribution in [0.3, 0.4) is 0 Å². The number of hydrogen-bond donors (Lipinski definition) is 0. The molecule has 0 atom stereocenters. The van der Waals surface area contributed by atoms with Gasteiger partial charge in [-0.05, 0) is 29.8 Å². The van der Waals surface area contributed by atoms with E-state index in [1.807, 2.05) is 36.4 Å². The lowest BCUT2D eigenvalue weighted by Crippen LogP contribution is -2.30. The van der Waals surface area contributed by atoms with Crippen LogP contribution in [-0.2, 0) is 9.59 Å². The Morgan fingerprint density at radius 2 is 1.67 bits per heavy atom. The molecule has 0 bridgehead atoms. The minimum Gasteiger partial charge on any atom is -0.269 e. The molecule has 0 radical (unpaired) electrons. The number of imide groups is 1. The lowest BCUT2D eigenvalue weighted by atomic mass is 10.1.